The number of allylic oxidation sites excluding steroid dienone is 3. The largest absolute Gasteiger partial charge is 0.477 e. The van der Waals surface area contributed by atoms with Crippen LogP contribution in [0.15, 0.2) is 59.7 Å². The van der Waals surface area contributed by atoms with Crippen LogP contribution in [0.25, 0.3) is 5.57 Å². The molecule has 0 spiro atoms. The Morgan fingerprint density at radius 2 is 1.59 bits per heavy atom. The smallest absolute Gasteiger partial charge is 0.346 e. The van der Waals surface area contributed by atoms with Crippen molar-refractivity contribution in [3.8, 4) is 6.07 Å². The number of aliphatic carboxylic acids is 1. The van der Waals surface area contributed by atoms with E-state index in [4.69, 9.17) is 0 Å². The number of unbranched alkanes of at least 4 members (excludes halogenated alkanes) is 7. The van der Waals surface area contributed by atoms with Gasteiger partial charge in [-0.3, -0.25) is 0 Å². The summed E-state index contributed by atoms with van der Waals surface area (Å²) in [4.78, 5) is 14.0. The third kappa shape index (κ3) is 6.72. The molecule has 1 N–H and O–H groups in total. The van der Waals surface area contributed by atoms with Crippen LogP contribution in [0.5, 0.6) is 0 Å². The first kappa shape index (κ1) is 26.7. The summed E-state index contributed by atoms with van der Waals surface area (Å²) >= 11 is 0. The molecule has 0 unspecified atom stereocenters. The number of hydrogen-bond acceptors (Lipinski definition) is 3. The molecule has 0 aromatic heterocycles. The molecule has 0 saturated heterocycles. The topological polar surface area (TPSA) is 64.3 Å². The minimum absolute atomic E-state index is 0.126. The molecule has 2 aromatic carbocycles. The van der Waals surface area contributed by atoms with Crippen LogP contribution in [0.2, 0.25) is 0 Å². The Balaban J connectivity index is 1.55. The van der Waals surface area contributed by atoms with Gasteiger partial charge in [0.05, 0.1) is 0 Å². The fraction of sp³-hybridized carbons (Fsp3) is 0.455. The molecule has 0 saturated carbocycles. The lowest BCUT2D eigenvalue weighted by molar-refractivity contribution is -0.132. The highest BCUT2D eigenvalue weighted by Crippen LogP contribution is 2.39. The molecule has 4 nitrogen and oxygen atoms in total. The number of anilines is 2. The van der Waals surface area contributed by atoms with E-state index in [2.05, 4.69) is 54.3 Å². The predicted octanol–water partition coefficient (Wildman–Crippen LogP) is 8.54. The number of carboxylic acid groups (broad SMARTS) is 1. The lowest BCUT2D eigenvalue weighted by atomic mass is 9.87. The van der Waals surface area contributed by atoms with Crippen LogP contribution in [-0.2, 0) is 17.6 Å². The summed E-state index contributed by atoms with van der Waals surface area (Å²) in [5, 5.41) is 18.8. The Labute approximate surface area is 222 Å². The van der Waals surface area contributed by atoms with Crippen molar-refractivity contribution >= 4 is 22.9 Å². The van der Waals surface area contributed by atoms with E-state index in [1.54, 1.807) is 0 Å². The molecule has 1 heterocycles. The number of carbonyl (C=O) groups is 1. The first-order valence-corrected chi connectivity index (χ1v) is 14.2. The van der Waals surface area contributed by atoms with Gasteiger partial charge >= 0.3 is 5.97 Å². The first-order valence-electron chi connectivity index (χ1n) is 14.2. The minimum atomic E-state index is -1.13. The highest BCUT2D eigenvalue weighted by Gasteiger charge is 2.22. The fourth-order valence-corrected chi connectivity index (χ4v) is 5.78. The maximum atomic E-state index is 11.5. The Hall–Kier alpha value is -3.32. The van der Waals surface area contributed by atoms with Crippen molar-refractivity contribution in [3.63, 3.8) is 0 Å². The summed E-state index contributed by atoms with van der Waals surface area (Å²) in [5.74, 6) is -1.13. The second-order valence-electron chi connectivity index (χ2n) is 10.4. The molecule has 0 fully saturated rings. The second-order valence-corrected chi connectivity index (χ2v) is 10.4. The monoisotopic (exact) mass is 496 g/mol. The fourth-order valence-electron chi connectivity index (χ4n) is 5.78. The molecule has 0 bridgehead atoms. The van der Waals surface area contributed by atoms with Gasteiger partial charge in [0.25, 0.3) is 0 Å². The molecular formula is C33H40N2O2. The molecule has 0 radical (unpaired) electrons. The molecule has 2 aromatic rings. The quantitative estimate of drug-likeness (QED) is 0.192. The van der Waals surface area contributed by atoms with E-state index in [0.29, 0.717) is 12.0 Å². The van der Waals surface area contributed by atoms with Gasteiger partial charge in [-0.2, -0.15) is 5.26 Å². The zero-order valence-electron chi connectivity index (χ0n) is 22.3. The number of nitriles is 1. The molecule has 1 aliphatic heterocycles. The Morgan fingerprint density at radius 1 is 0.892 bits per heavy atom. The maximum Gasteiger partial charge on any atom is 0.346 e. The molecular weight excluding hydrogens is 456 g/mol. The zero-order chi connectivity index (χ0) is 26.0. The molecule has 37 heavy (non-hydrogen) atoms. The highest BCUT2D eigenvalue weighted by molar-refractivity contribution is 5.93. The highest BCUT2D eigenvalue weighted by atomic mass is 16.4. The first-order chi connectivity index (χ1) is 18.1. The average molecular weight is 497 g/mol. The predicted molar refractivity (Wildman–Crippen MR) is 152 cm³/mol. The van der Waals surface area contributed by atoms with Gasteiger partial charge in [0.1, 0.15) is 11.6 Å². The number of para-hydroxylation sites is 1. The van der Waals surface area contributed by atoms with Crippen molar-refractivity contribution in [2.45, 2.75) is 90.4 Å². The summed E-state index contributed by atoms with van der Waals surface area (Å²) in [5.41, 5.74) is 8.19. The van der Waals surface area contributed by atoms with Crippen molar-refractivity contribution in [1.29, 1.82) is 5.26 Å². The van der Waals surface area contributed by atoms with Crippen LogP contribution < -0.4 is 4.90 Å². The van der Waals surface area contributed by atoms with Crippen molar-refractivity contribution in [2.75, 3.05) is 11.4 Å². The summed E-state index contributed by atoms with van der Waals surface area (Å²) < 4.78 is 0. The maximum absolute atomic E-state index is 11.5. The Morgan fingerprint density at radius 3 is 2.35 bits per heavy atom. The van der Waals surface area contributed by atoms with Crippen molar-refractivity contribution in [3.05, 3.63) is 76.4 Å². The number of fused-ring (bicyclic) bond motifs is 2. The second kappa shape index (κ2) is 13.3. The van der Waals surface area contributed by atoms with Gasteiger partial charge in [0.15, 0.2) is 0 Å². The Bertz CT molecular complexity index is 1200. The van der Waals surface area contributed by atoms with Gasteiger partial charge in [-0.25, -0.2) is 4.79 Å². The molecule has 4 heteroatoms. The number of aryl methyl sites for hydroxylation is 2. The van der Waals surface area contributed by atoms with Crippen LogP contribution in [0.3, 0.4) is 0 Å². The van der Waals surface area contributed by atoms with Crippen molar-refractivity contribution < 1.29 is 9.90 Å². The third-order valence-electron chi connectivity index (χ3n) is 7.81. The van der Waals surface area contributed by atoms with Gasteiger partial charge in [0.2, 0.25) is 0 Å². The van der Waals surface area contributed by atoms with Gasteiger partial charge < -0.3 is 10.0 Å². The van der Waals surface area contributed by atoms with Crippen LogP contribution in [0, 0.1) is 11.3 Å². The van der Waals surface area contributed by atoms with E-state index in [0.717, 1.165) is 43.4 Å². The van der Waals surface area contributed by atoms with E-state index in [9.17, 15) is 15.2 Å². The van der Waals surface area contributed by atoms with Gasteiger partial charge in [-0.1, -0.05) is 82.2 Å². The number of benzene rings is 2. The zero-order valence-corrected chi connectivity index (χ0v) is 22.3. The molecule has 0 amide bonds. The molecule has 194 valence electrons. The molecule has 0 atom stereocenters. The lowest BCUT2D eigenvalue weighted by Crippen LogP contribution is -2.19. The lowest BCUT2D eigenvalue weighted by Gasteiger charge is -2.28. The SMILES string of the molecule is CCCCCCCCCCN1c2ccccc2CCc2cc(C3=C/C(=C(/C#N)C(=O)O)CCC3)ccc21. The standard InChI is InChI=1S/C33H40N2O2/c1-2-3-4-5-6-7-8-11-21-35-31-16-10-9-13-25(31)17-18-29-23-27(19-20-32(29)35)26-14-12-15-28(22-26)30(24-34)33(36)37/h9-10,13,16,19-20,22-23H,2-8,11-12,14-15,17-18,21H2,1H3,(H,36,37)/b30-28-. The summed E-state index contributed by atoms with van der Waals surface area (Å²) in [6.07, 6.45) is 16.9. The van der Waals surface area contributed by atoms with Crippen LogP contribution >= 0.6 is 0 Å². The van der Waals surface area contributed by atoms with Crippen LogP contribution in [-0.4, -0.2) is 17.6 Å². The number of nitrogens with zero attached hydrogens (tertiary/aromatic N) is 2. The normalized spacial score (nSPS) is 16.2. The summed E-state index contributed by atoms with van der Waals surface area (Å²) in [6.45, 7) is 3.29. The van der Waals surface area contributed by atoms with E-state index in [1.807, 2.05) is 12.1 Å². The average Bonchev–Trinajstić information content (AvgIpc) is 3.07. The van der Waals surface area contributed by atoms with Gasteiger partial charge in [0, 0.05) is 17.9 Å². The van der Waals surface area contributed by atoms with Gasteiger partial charge in [-0.15, -0.1) is 0 Å². The third-order valence-corrected chi connectivity index (χ3v) is 7.81. The molecule has 4 rings (SSSR count). The van der Waals surface area contributed by atoms with Crippen molar-refractivity contribution in [1.82, 2.24) is 0 Å². The molecule has 2 aliphatic rings. The summed E-state index contributed by atoms with van der Waals surface area (Å²) in [7, 11) is 0. The van der Waals surface area contributed by atoms with Crippen LogP contribution in [0.4, 0.5) is 11.4 Å². The van der Waals surface area contributed by atoms with E-state index >= 15 is 0 Å². The summed E-state index contributed by atoms with van der Waals surface area (Å²) in [6, 6.07) is 17.5. The van der Waals surface area contributed by atoms with Crippen LogP contribution in [0.1, 0.15) is 94.2 Å². The Kier molecular flexibility index (Phi) is 9.60. The van der Waals surface area contributed by atoms with Gasteiger partial charge in [-0.05, 0) is 84.6 Å². The van der Waals surface area contributed by atoms with E-state index in [-0.39, 0.29) is 5.57 Å². The number of carboxylic acids is 1. The van der Waals surface area contributed by atoms with E-state index in [1.165, 1.54) is 73.9 Å². The number of hydrogen-bond donors (Lipinski definition) is 1. The minimum Gasteiger partial charge on any atom is -0.477 e. The van der Waals surface area contributed by atoms with Crippen molar-refractivity contribution in [2.24, 2.45) is 0 Å². The number of rotatable bonds is 11. The van der Waals surface area contributed by atoms with E-state index < -0.39 is 5.97 Å². The molecule has 1 aliphatic carbocycles.